The van der Waals surface area contributed by atoms with Gasteiger partial charge in [-0.15, -0.1) is 0 Å². The van der Waals surface area contributed by atoms with Crippen molar-refractivity contribution in [2.45, 2.75) is 26.1 Å². The number of benzene rings is 1. The van der Waals surface area contributed by atoms with Crippen molar-refractivity contribution < 1.29 is 23.9 Å². The first-order valence-electron chi connectivity index (χ1n) is 8.64. The summed E-state index contributed by atoms with van der Waals surface area (Å²) in [7, 11) is 0. The lowest BCUT2D eigenvalue weighted by atomic mass is 10.1. The summed E-state index contributed by atoms with van der Waals surface area (Å²) >= 11 is 0. The molecule has 2 heterocycles. The number of rotatable bonds is 7. The lowest BCUT2D eigenvalue weighted by Gasteiger charge is -2.07. The fourth-order valence-electron chi connectivity index (χ4n) is 2.96. The van der Waals surface area contributed by atoms with Gasteiger partial charge in [0.25, 0.3) is 5.91 Å². The first kappa shape index (κ1) is 19.9. The number of hydrogen-bond acceptors (Lipinski definition) is 5. The third-order valence-corrected chi connectivity index (χ3v) is 4.30. The zero-order valence-corrected chi connectivity index (χ0v) is 15.1. The number of hydrogen-bond donors (Lipinski definition) is 4. The Morgan fingerprint density at radius 1 is 1.29 bits per heavy atom. The molecule has 0 aliphatic heterocycles. The Bertz CT molecular complexity index is 1000. The number of carbonyl (C=O) groups excluding carboxylic acids is 1. The molecule has 4 N–H and O–H groups in total. The van der Waals surface area contributed by atoms with Crippen molar-refractivity contribution in [2.75, 3.05) is 6.54 Å². The van der Waals surface area contributed by atoms with Crippen LogP contribution in [-0.4, -0.2) is 38.4 Å². The molecular formula is C19H20F2N4O3. The maximum Gasteiger partial charge on any atom is 0.293 e. The number of halogens is 2. The van der Waals surface area contributed by atoms with Gasteiger partial charge in [-0.05, 0) is 24.6 Å². The van der Waals surface area contributed by atoms with E-state index in [4.69, 9.17) is 5.21 Å². The SMILES string of the molecule is CC(O)CNCc1cn(Cc2ccc(F)cc2F)c2cnc(C(=O)NO)cc12. The average Bonchev–Trinajstić information content (AvgIpc) is 3.00. The van der Waals surface area contributed by atoms with E-state index >= 15 is 0 Å². The summed E-state index contributed by atoms with van der Waals surface area (Å²) in [5, 5.41) is 22.0. The molecule has 3 aromatic rings. The second kappa shape index (κ2) is 8.42. The van der Waals surface area contributed by atoms with Gasteiger partial charge < -0.3 is 15.0 Å². The van der Waals surface area contributed by atoms with Gasteiger partial charge >= 0.3 is 0 Å². The van der Waals surface area contributed by atoms with Gasteiger partial charge in [0.05, 0.1) is 24.4 Å². The van der Waals surface area contributed by atoms with E-state index in [0.717, 1.165) is 11.6 Å². The van der Waals surface area contributed by atoms with Gasteiger partial charge in [-0.3, -0.25) is 10.0 Å². The molecule has 0 radical (unpaired) electrons. The second-order valence-corrected chi connectivity index (χ2v) is 6.53. The van der Waals surface area contributed by atoms with Crippen LogP contribution in [0.4, 0.5) is 8.78 Å². The molecule has 1 unspecified atom stereocenters. The molecule has 1 atom stereocenters. The highest BCUT2D eigenvalue weighted by molar-refractivity contribution is 5.96. The van der Waals surface area contributed by atoms with E-state index in [1.807, 2.05) is 0 Å². The van der Waals surface area contributed by atoms with Gasteiger partial charge in [0.15, 0.2) is 0 Å². The summed E-state index contributed by atoms with van der Waals surface area (Å²) in [6.07, 6.45) is 2.71. The Morgan fingerprint density at radius 2 is 2.07 bits per heavy atom. The molecule has 0 aliphatic rings. The molecule has 2 aromatic heterocycles. The summed E-state index contributed by atoms with van der Waals surface area (Å²) in [4.78, 5) is 15.7. The summed E-state index contributed by atoms with van der Waals surface area (Å²) in [5.74, 6) is -2.05. The van der Waals surface area contributed by atoms with Crippen molar-refractivity contribution in [3.63, 3.8) is 0 Å². The molecule has 1 amide bonds. The maximum absolute atomic E-state index is 14.1. The molecule has 7 nitrogen and oxygen atoms in total. The molecule has 148 valence electrons. The highest BCUT2D eigenvalue weighted by Gasteiger charge is 2.15. The van der Waals surface area contributed by atoms with E-state index in [9.17, 15) is 18.7 Å². The number of hydroxylamine groups is 1. The van der Waals surface area contributed by atoms with E-state index in [0.29, 0.717) is 29.6 Å². The number of aromatic nitrogens is 2. The number of nitrogens with one attached hydrogen (secondary N) is 2. The molecule has 0 spiro atoms. The molecule has 0 fully saturated rings. The van der Waals surface area contributed by atoms with Gasteiger partial charge in [-0.25, -0.2) is 19.2 Å². The van der Waals surface area contributed by atoms with Crippen LogP contribution in [0.3, 0.4) is 0 Å². The van der Waals surface area contributed by atoms with Crippen LogP contribution in [0, 0.1) is 11.6 Å². The number of pyridine rings is 1. The molecule has 0 saturated heterocycles. The molecule has 9 heteroatoms. The zero-order valence-electron chi connectivity index (χ0n) is 15.1. The van der Waals surface area contributed by atoms with Crippen molar-refractivity contribution >= 4 is 16.8 Å². The summed E-state index contributed by atoms with van der Waals surface area (Å²) in [6.45, 7) is 2.56. The Morgan fingerprint density at radius 3 is 2.75 bits per heavy atom. The van der Waals surface area contributed by atoms with Crippen LogP contribution in [0.15, 0.2) is 36.7 Å². The molecule has 0 bridgehead atoms. The van der Waals surface area contributed by atoms with Crippen molar-refractivity contribution in [3.05, 3.63) is 65.1 Å². The van der Waals surface area contributed by atoms with E-state index in [1.165, 1.54) is 24.4 Å². The fourth-order valence-corrected chi connectivity index (χ4v) is 2.96. The third kappa shape index (κ3) is 4.33. The van der Waals surface area contributed by atoms with Crippen LogP contribution in [-0.2, 0) is 13.1 Å². The number of carbonyl (C=O) groups is 1. The van der Waals surface area contributed by atoms with E-state index in [1.54, 1.807) is 23.2 Å². The highest BCUT2D eigenvalue weighted by atomic mass is 19.1. The minimum atomic E-state index is -0.748. The zero-order chi connectivity index (χ0) is 20.3. The third-order valence-electron chi connectivity index (χ3n) is 4.30. The molecule has 28 heavy (non-hydrogen) atoms. The Labute approximate surface area is 159 Å². The maximum atomic E-state index is 14.1. The second-order valence-electron chi connectivity index (χ2n) is 6.53. The number of aliphatic hydroxyl groups excluding tert-OH is 1. The number of amides is 1. The van der Waals surface area contributed by atoms with Gasteiger partial charge in [-0.2, -0.15) is 0 Å². The van der Waals surface area contributed by atoms with E-state index < -0.39 is 23.6 Å². The van der Waals surface area contributed by atoms with Crippen LogP contribution in [0.25, 0.3) is 10.9 Å². The largest absolute Gasteiger partial charge is 0.392 e. The molecule has 3 rings (SSSR count). The van der Waals surface area contributed by atoms with Gasteiger partial charge in [0, 0.05) is 36.3 Å². The van der Waals surface area contributed by atoms with Gasteiger partial charge in [-0.1, -0.05) is 6.07 Å². The predicted octanol–water partition coefficient (Wildman–Crippen LogP) is 1.95. The molecular weight excluding hydrogens is 370 g/mol. The smallest absolute Gasteiger partial charge is 0.293 e. The van der Waals surface area contributed by atoms with Crippen LogP contribution in [0.1, 0.15) is 28.5 Å². The lowest BCUT2D eigenvalue weighted by Crippen LogP contribution is -2.23. The number of fused-ring (bicyclic) bond motifs is 1. The molecule has 1 aromatic carbocycles. The van der Waals surface area contributed by atoms with Crippen molar-refractivity contribution in [3.8, 4) is 0 Å². The van der Waals surface area contributed by atoms with Crippen molar-refractivity contribution in [1.29, 1.82) is 0 Å². The molecule has 0 saturated carbocycles. The topological polar surface area (TPSA) is 99.4 Å². The Hall–Kier alpha value is -2.88. The predicted molar refractivity (Wildman–Crippen MR) is 97.8 cm³/mol. The van der Waals surface area contributed by atoms with Crippen LogP contribution < -0.4 is 10.8 Å². The van der Waals surface area contributed by atoms with E-state index in [2.05, 4.69) is 10.3 Å². The quantitative estimate of drug-likeness (QED) is 0.365. The monoisotopic (exact) mass is 390 g/mol. The van der Waals surface area contributed by atoms with Crippen LogP contribution in [0.5, 0.6) is 0 Å². The Kier molecular flexibility index (Phi) is 5.98. The normalized spacial score (nSPS) is 12.3. The minimum absolute atomic E-state index is 0.0255. The first-order chi connectivity index (χ1) is 13.4. The van der Waals surface area contributed by atoms with Gasteiger partial charge in [0.2, 0.25) is 0 Å². The number of nitrogens with zero attached hydrogens (tertiary/aromatic N) is 2. The molecule has 0 aliphatic carbocycles. The van der Waals surface area contributed by atoms with Gasteiger partial charge in [0.1, 0.15) is 17.3 Å². The summed E-state index contributed by atoms with van der Waals surface area (Å²) in [6, 6.07) is 4.92. The highest BCUT2D eigenvalue weighted by Crippen LogP contribution is 2.24. The van der Waals surface area contributed by atoms with Crippen LogP contribution >= 0.6 is 0 Å². The number of aliphatic hydroxyl groups is 1. The van der Waals surface area contributed by atoms with Crippen molar-refractivity contribution in [2.24, 2.45) is 0 Å². The Balaban J connectivity index is 2.00. The lowest BCUT2D eigenvalue weighted by molar-refractivity contribution is 0.0701. The fraction of sp³-hybridized carbons (Fsp3) is 0.263. The average molecular weight is 390 g/mol. The minimum Gasteiger partial charge on any atom is -0.392 e. The van der Waals surface area contributed by atoms with Crippen LogP contribution in [0.2, 0.25) is 0 Å². The van der Waals surface area contributed by atoms with E-state index in [-0.39, 0.29) is 12.2 Å². The van der Waals surface area contributed by atoms with Crippen molar-refractivity contribution in [1.82, 2.24) is 20.3 Å². The standard InChI is InChI=1S/C19H20F2N4O3/c1-11(26)6-22-7-13-10-25(9-12-2-3-14(20)4-16(12)21)18-8-23-17(5-15(13)18)19(27)24-28/h2-5,8,10-11,22,26,28H,6-7,9H2,1H3,(H,24,27). The first-order valence-corrected chi connectivity index (χ1v) is 8.64. The summed E-state index contributed by atoms with van der Waals surface area (Å²) in [5.41, 5.74) is 3.32. The summed E-state index contributed by atoms with van der Waals surface area (Å²) < 4.78 is 29.0.